The first kappa shape index (κ1) is 12.2. The fourth-order valence-corrected chi connectivity index (χ4v) is 2.13. The molecule has 1 aromatic rings. The van der Waals surface area contributed by atoms with Crippen LogP contribution in [-0.4, -0.2) is 38.5 Å². The van der Waals surface area contributed by atoms with Crippen molar-refractivity contribution in [2.75, 3.05) is 20.1 Å². The van der Waals surface area contributed by atoms with Crippen LogP contribution in [0.25, 0.3) is 0 Å². The van der Waals surface area contributed by atoms with E-state index in [4.69, 9.17) is 0 Å². The van der Waals surface area contributed by atoms with Crippen molar-refractivity contribution in [1.82, 2.24) is 20.0 Å². The predicted molar refractivity (Wildman–Crippen MR) is 57.1 cm³/mol. The molecule has 0 aliphatic rings. The van der Waals surface area contributed by atoms with Crippen molar-refractivity contribution in [3.05, 3.63) is 12.0 Å². The molecule has 3 N–H and O–H groups in total. The number of aromatic amines is 1. The Balaban J connectivity index is 2.53. The van der Waals surface area contributed by atoms with Crippen molar-refractivity contribution in [2.45, 2.75) is 18.4 Å². The van der Waals surface area contributed by atoms with Gasteiger partial charge in [-0.3, -0.25) is 0 Å². The van der Waals surface area contributed by atoms with Crippen LogP contribution in [0.5, 0.6) is 0 Å². The number of imidazole rings is 1. The Morgan fingerprint density at radius 1 is 1.47 bits per heavy atom. The Labute approximate surface area is 89.5 Å². The molecule has 0 aliphatic heterocycles. The van der Waals surface area contributed by atoms with Crippen LogP contribution in [0.4, 0.5) is 0 Å². The summed E-state index contributed by atoms with van der Waals surface area (Å²) in [7, 11) is -1.59. The van der Waals surface area contributed by atoms with Gasteiger partial charge in [0.1, 0.15) is 5.82 Å². The highest BCUT2D eigenvalue weighted by Gasteiger charge is 2.15. The fraction of sp³-hybridized carbons (Fsp3) is 0.625. The van der Waals surface area contributed by atoms with E-state index >= 15 is 0 Å². The topological polar surface area (TPSA) is 86.9 Å². The van der Waals surface area contributed by atoms with Crippen molar-refractivity contribution in [2.24, 2.45) is 0 Å². The number of hydrogen-bond donors (Lipinski definition) is 3. The highest BCUT2D eigenvalue weighted by molar-refractivity contribution is 7.89. The second-order valence-corrected chi connectivity index (χ2v) is 4.92. The molecule has 6 nitrogen and oxygen atoms in total. The second-order valence-electron chi connectivity index (χ2n) is 3.19. The normalized spacial score (nSPS) is 11.9. The Hall–Kier alpha value is -0.920. The first-order valence-corrected chi connectivity index (χ1v) is 6.20. The van der Waals surface area contributed by atoms with Gasteiger partial charge in [-0.25, -0.2) is 18.1 Å². The van der Waals surface area contributed by atoms with Crippen LogP contribution in [0.1, 0.15) is 12.2 Å². The number of nitrogens with one attached hydrogen (secondary N) is 3. The van der Waals surface area contributed by atoms with Crippen LogP contribution in [0.15, 0.2) is 11.2 Å². The fourth-order valence-electron chi connectivity index (χ4n) is 1.08. The lowest BCUT2D eigenvalue weighted by atomic mass is 10.4. The van der Waals surface area contributed by atoms with Gasteiger partial charge in [-0.05, 0) is 26.9 Å². The number of sulfonamides is 1. The minimum Gasteiger partial charge on any atom is -0.332 e. The summed E-state index contributed by atoms with van der Waals surface area (Å²) in [4.78, 5) is 6.52. The monoisotopic (exact) mass is 232 g/mol. The van der Waals surface area contributed by atoms with Crippen LogP contribution in [0.3, 0.4) is 0 Å². The standard InChI is InChI=1S/C8H16N4O2S/c1-7-10-6-8(12-7)15(13,14)11-5-3-4-9-2/h6,9,11H,3-5H2,1-2H3,(H,10,12). The molecule has 0 spiro atoms. The highest BCUT2D eigenvalue weighted by Crippen LogP contribution is 2.03. The van der Waals surface area contributed by atoms with Crippen LogP contribution >= 0.6 is 0 Å². The minimum absolute atomic E-state index is 0.115. The van der Waals surface area contributed by atoms with Crippen molar-refractivity contribution in [3.8, 4) is 0 Å². The zero-order valence-corrected chi connectivity index (χ0v) is 9.69. The van der Waals surface area contributed by atoms with E-state index < -0.39 is 10.0 Å². The maximum atomic E-state index is 11.6. The van der Waals surface area contributed by atoms with Gasteiger partial charge in [0, 0.05) is 6.54 Å². The molecule has 0 saturated carbocycles. The number of rotatable bonds is 6. The number of aryl methyl sites for hydroxylation is 1. The van der Waals surface area contributed by atoms with E-state index in [1.54, 1.807) is 6.92 Å². The van der Waals surface area contributed by atoms with Crippen molar-refractivity contribution < 1.29 is 8.42 Å². The van der Waals surface area contributed by atoms with E-state index in [1.807, 2.05) is 7.05 Å². The van der Waals surface area contributed by atoms with Crippen molar-refractivity contribution >= 4 is 10.0 Å². The molecule has 0 aromatic carbocycles. The van der Waals surface area contributed by atoms with Gasteiger partial charge in [-0.1, -0.05) is 0 Å². The zero-order chi connectivity index (χ0) is 11.3. The van der Waals surface area contributed by atoms with Crippen LogP contribution in [-0.2, 0) is 10.0 Å². The van der Waals surface area contributed by atoms with E-state index in [0.29, 0.717) is 12.4 Å². The summed E-state index contributed by atoms with van der Waals surface area (Å²) in [6.07, 6.45) is 2.07. The van der Waals surface area contributed by atoms with E-state index in [2.05, 4.69) is 20.0 Å². The molecule has 0 amide bonds. The predicted octanol–water partition coefficient (Wildman–Crippen LogP) is -0.394. The van der Waals surface area contributed by atoms with Gasteiger partial charge in [-0.15, -0.1) is 0 Å². The average molecular weight is 232 g/mol. The molecule has 0 aliphatic carbocycles. The minimum atomic E-state index is -3.42. The SMILES string of the molecule is CNCCCNS(=O)(=O)c1cnc(C)[nH]1. The quantitative estimate of drug-likeness (QED) is 0.583. The molecule has 86 valence electrons. The third kappa shape index (κ3) is 3.61. The van der Waals surface area contributed by atoms with Crippen LogP contribution in [0.2, 0.25) is 0 Å². The summed E-state index contributed by atoms with van der Waals surface area (Å²) in [6.45, 7) is 2.91. The third-order valence-electron chi connectivity index (χ3n) is 1.86. The number of aromatic nitrogens is 2. The molecule has 1 heterocycles. The van der Waals surface area contributed by atoms with Gasteiger partial charge in [0.2, 0.25) is 0 Å². The molecular formula is C8H16N4O2S. The van der Waals surface area contributed by atoms with E-state index in [9.17, 15) is 8.42 Å². The molecule has 0 saturated heterocycles. The Kier molecular flexibility index (Phi) is 4.25. The first-order valence-electron chi connectivity index (χ1n) is 4.72. The summed E-state index contributed by atoms with van der Waals surface area (Å²) in [6, 6.07) is 0. The number of H-pyrrole nitrogens is 1. The Bertz CT molecular complexity index is 399. The number of nitrogens with zero attached hydrogens (tertiary/aromatic N) is 1. The van der Waals surface area contributed by atoms with Gasteiger partial charge in [0.25, 0.3) is 10.0 Å². The molecule has 0 bridgehead atoms. The van der Waals surface area contributed by atoms with Crippen LogP contribution in [0, 0.1) is 6.92 Å². The van der Waals surface area contributed by atoms with Crippen molar-refractivity contribution in [1.29, 1.82) is 0 Å². The molecule has 7 heteroatoms. The molecule has 0 fully saturated rings. The second kappa shape index (κ2) is 5.24. The maximum Gasteiger partial charge on any atom is 0.257 e. The highest BCUT2D eigenvalue weighted by atomic mass is 32.2. The van der Waals surface area contributed by atoms with E-state index in [1.165, 1.54) is 6.20 Å². The van der Waals surface area contributed by atoms with Gasteiger partial charge in [0.05, 0.1) is 6.20 Å². The summed E-state index contributed by atoms with van der Waals surface area (Å²) < 4.78 is 25.7. The van der Waals surface area contributed by atoms with Crippen molar-refractivity contribution in [3.63, 3.8) is 0 Å². The zero-order valence-electron chi connectivity index (χ0n) is 8.87. The summed E-state index contributed by atoms with van der Waals surface area (Å²) in [5.74, 6) is 0.589. The molecule has 0 radical (unpaired) electrons. The van der Waals surface area contributed by atoms with Gasteiger partial charge >= 0.3 is 0 Å². The Morgan fingerprint density at radius 2 is 2.20 bits per heavy atom. The third-order valence-corrected chi connectivity index (χ3v) is 3.24. The Morgan fingerprint density at radius 3 is 2.73 bits per heavy atom. The summed E-state index contributed by atoms with van der Waals surface area (Å²) in [5, 5.41) is 3.06. The summed E-state index contributed by atoms with van der Waals surface area (Å²) >= 11 is 0. The van der Waals surface area contributed by atoms with E-state index in [-0.39, 0.29) is 5.03 Å². The lowest BCUT2D eigenvalue weighted by Gasteiger charge is -2.03. The molecular weight excluding hydrogens is 216 g/mol. The van der Waals surface area contributed by atoms with E-state index in [0.717, 1.165) is 13.0 Å². The lowest BCUT2D eigenvalue weighted by Crippen LogP contribution is -2.27. The largest absolute Gasteiger partial charge is 0.332 e. The maximum absolute atomic E-state index is 11.6. The molecule has 1 aromatic heterocycles. The number of hydrogen-bond acceptors (Lipinski definition) is 4. The van der Waals surface area contributed by atoms with Gasteiger partial charge in [0.15, 0.2) is 5.03 Å². The average Bonchev–Trinajstić information content (AvgIpc) is 2.60. The van der Waals surface area contributed by atoms with Gasteiger partial charge in [-0.2, -0.15) is 0 Å². The molecule has 1 rings (SSSR count). The smallest absolute Gasteiger partial charge is 0.257 e. The molecule has 0 atom stereocenters. The first-order chi connectivity index (χ1) is 7.06. The molecule has 15 heavy (non-hydrogen) atoms. The lowest BCUT2D eigenvalue weighted by molar-refractivity contribution is 0.574. The molecule has 0 unspecified atom stereocenters. The summed E-state index contributed by atoms with van der Waals surface area (Å²) in [5.41, 5.74) is 0. The van der Waals surface area contributed by atoms with Crippen LogP contribution < -0.4 is 10.0 Å². The van der Waals surface area contributed by atoms with Gasteiger partial charge < -0.3 is 10.3 Å².